The first-order chi connectivity index (χ1) is 9.47. The number of hydrogen-bond donors (Lipinski definition) is 1. The lowest BCUT2D eigenvalue weighted by molar-refractivity contribution is 0.480. The van der Waals surface area contributed by atoms with Crippen LogP contribution in [0.1, 0.15) is 37.1 Å². The highest BCUT2D eigenvalue weighted by Crippen LogP contribution is 2.22. The van der Waals surface area contributed by atoms with E-state index in [-0.39, 0.29) is 12.1 Å². The van der Waals surface area contributed by atoms with Gasteiger partial charge in [0.1, 0.15) is 0 Å². The topological polar surface area (TPSA) is 12.0 Å². The van der Waals surface area contributed by atoms with E-state index in [4.69, 9.17) is 0 Å². The van der Waals surface area contributed by atoms with E-state index in [0.29, 0.717) is 0 Å². The standard InChI is InChI=1S/C16H16BrF2N/c1-10(12-4-3-5-14(17)8-12)20-11(2)13-6-7-15(18)16(19)9-13/h3-11,20H,1-2H3/t10-,11?/m0/s1. The highest BCUT2D eigenvalue weighted by Gasteiger charge is 2.13. The van der Waals surface area contributed by atoms with E-state index < -0.39 is 11.6 Å². The monoisotopic (exact) mass is 339 g/mol. The zero-order chi connectivity index (χ0) is 14.7. The highest BCUT2D eigenvalue weighted by molar-refractivity contribution is 9.10. The van der Waals surface area contributed by atoms with Gasteiger partial charge in [-0.25, -0.2) is 8.78 Å². The molecular weight excluding hydrogens is 324 g/mol. The van der Waals surface area contributed by atoms with Crippen LogP contribution in [0.3, 0.4) is 0 Å². The van der Waals surface area contributed by atoms with E-state index in [1.165, 1.54) is 6.07 Å². The van der Waals surface area contributed by atoms with Gasteiger partial charge in [-0.2, -0.15) is 0 Å². The lowest BCUT2D eigenvalue weighted by Crippen LogP contribution is -2.22. The van der Waals surface area contributed by atoms with Crippen molar-refractivity contribution in [3.05, 3.63) is 69.7 Å². The summed E-state index contributed by atoms with van der Waals surface area (Å²) in [5.74, 6) is -1.63. The molecule has 2 aromatic rings. The maximum Gasteiger partial charge on any atom is 0.159 e. The van der Waals surface area contributed by atoms with Gasteiger partial charge in [-0.15, -0.1) is 0 Å². The third kappa shape index (κ3) is 3.64. The van der Waals surface area contributed by atoms with Crippen molar-refractivity contribution in [2.24, 2.45) is 0 Å². The molecule has 1 N–H and O–H groups in total. The van der Waals surface area contributed by atoms with Crippen LogP contribution in [0.25, 0.3) is 0 Å². The van der Waals surface area contributed by atoms with Crippen LogP contribution in [0.5, 0.6) is 0 Å². The van der Waals surface area contributed by atoms with Crippen LogP contribution < -0.4 is 5.32 Å². The van der Waals surface area contributed by atoms with Crippen molar-refractivity contribution in [2.45, 2.75) is 25.9 Å². The zero-order valence-electron chi connectivity index (χ0n) is 11.3. The quantitative estimate of drug-likeness (QED) is 0.813. The van der Waals surface area contributed by atoms with E-state index >= 15 is 0 Å². The molecule has 106 valence electrons. The molecule has 20 heavy (non-hydrogen) atoms. The summed E-state index contributed by atoms with van der Waals surface area (Å²) in [6.45, 7) is 3.97. The Bertz CT molecular complexity index is 601. The fraction of sp³-hybridized carbons (Fsp3) is 0.250. The zero-order valence-corrected chi connectivity index (χ0v) is 12.9. The Morgan fingerprint density at radius 2 is 1.55 bits per heavy atom. The fourth-order valence-corrected chi connectivity index (χ4v) is 2.54. The Kier molecular flexibility index (Phi) is 4.89. The molecule has 0 bridgehead atoms. The number of nitrogens with one attached hydrogen (secondary N) is 1. The number of halogens is 3. The molecule has 0 saturated carbocycles. The molecule has 2 aromatic carbocycles. The van der Waals surface area contributed by atoms with Crippen LogP contribution in [0, 0.1) is 11.6 Å². The van der Waals surface area contributed by atoms with Crippen LogP contribution in [0.4, 0.5) is 8.78 Å². The minimum atomic E-state index is -0.819. The molecule has 2 atom stereocenters. The van der Waals surface area contributed by atoms with Crippen molar-refractivity contribution in [1.82, 2.24) is 5.32 Å². The lowest BCUT2D eigenvalue weighted by atomic mass is 10.0. The van der Waals surface area contributed by atoms with Gasteiger partial charge in [0.25, 0.3) is 0 Å². The number of benzene rings is 2. The molecule has 0 aliphatic rings. The van der Waals surface area contributed by atoms with Gasteiger partial charge in [-0.1, -0.05) is 34.1 Å². The summed E-state index contributed by atoms with van der Waals surface area (Å²) in [6.07, 6.45) is 0. The van der Waals surface area contributed by atoms with E-state index in [0.717, 1.165) is 21.7 Å². The first kappa shape index (κ1) is 15.1. The predicted octanol–water partition coefficient (Wildman–Crippen LogP) is 5.14. The van der Waals surface area contributed by atoms with Gasteiger partial charge >= 0.3 is 0 Å². The smallest absolute Gasteiger partial charge is 0.159 e. The Labute approximate surface area is 126 Å². The fourth-order valence-electron chi connectivity index (χ4n) is 2.13. The molecule has 2 rings (SSSR count). The molecule has 0 amide bonds. The lowest BCUT2D eigenvalue weighted by Gasteiger charge is -2.21. The maximum atomic E-state index is 13.2. The van der Waals surface area contributed by atoms with Gasteiger partial charge in [-0.05, 0) is 49.2 Å². The predicted molar refractivity (Wildman–Crippen MR) is 80.5 cm³/mol. The molecule has 0 saturated heterocycles. The van der Waals surface area contributed by atoms with E-state index in [9.17, 15) is 8.78 Å². The van der Waals surface area contributed by atoms with Gasteiger partial charge in [0.05, 0.1) is 0 Å². The summed E-state index contributed by atoms with van der Waals surface area (Å²) in [7, 11) is 0. The summed E-state index contributed by atoms with van der Waals surface area (Å²) in [5, 5.41) is 3.38. The Morgan fingerprint density at radius 1 is 0.900 bits per heavy atom. The normalized spacial score (nSPS) is 14.1. The first-order valence-electron chi connectivity index (χ1n) is 6.44. The number of rotatable bonds is 4. The van der Waals surface area contributed by atoms with Gasteiger partial charge in [0, 0.05) is 16.6 Å². The van der Waals surface area contributed by atoms with Crippen LogP contribution in [0.15, 0.2) is 46.9 Å². The van der Waals surface area contributed by atoms with Crippen LogP contribution >= 0.6 is 15.9 Å². The van der Waals surface area contributed by atoms with E-state index in [1.807, 2.05) is 38.1 Å². The third-order valence-corrected chi connectivity index (χ3v) is 3.79. The van der Waals surface area contributed by atoms with Gasteiger partial charge < -0.3 is 5.32 Å². The van der Waals surface area contributed by atoms with Gasteiger partial charge in [-0.3, -0.25) is 0 Å². The molecule has 0 aliphatic carbocycles. The molecular formula is C16H16BrF2N. The summed E-state index contributed by atoms with van der Waals surface area (Å²) in [6, 6.07) is 12.0. The highest BCUT2D eigenvalue weighted by atomic mass is 79.9. The molecule has 1 nitrogen and oxygen atoms in total. The molecule has 0 aromatic heterocycles. The SMILES string of the molecule is CC(N[C@@H](C)c1cccc(Br)c1)c1ccc(F)c(F)c1. The van der Waals surface area contributed by atoms with Crippen molar-refractivity contribution < 1.29 is 8.78 Å². The Balaban J connectivity index is 2.10. The third-order valence-electron chi connectivity index (χ3n) is 3.29. The molecule has 0 radical (unpaired) electrons. The second-order valence-corrected chi connectivity index (χ2v) is 5.75. The summed E-state index contributed by atoms with van der Waals surface area (Å²) in [4.78, 5) is 0. The summed E-state index contributed by atoms with van der Waals surface area (Å²) >= 11 is 3.44. The van der Waals surface area contributed by atoms with Crippen molar-refractivity contribution >= 4 is 15.9 Å². The van der Waals surface area contributed by atoms with Gasteiger partial charge in [0.15, 0.2) is 11.6 Å². The molecule has 0 heterocycles. The van der Waals surface area contributed by atoms with Crippen molar-refractivity contribution in [2.75, 3.05) is 0 Å². The molecule has 4 heteroatoms. The van der Waals surface area contributed by atoms with E-state index in [1.54, 1.807) is 6.07 Å². The van der Waals surface area contributed by atoms with Crippen LogP contribution in [0.2, 0.25) is 0 Å². The first-order valence-corrected chi connectivity index (χ1v) is 7.23. The van der Waals surface area contributed by atoms with Gasteiger partial charge in [0.2, 0.25) is 0 Å². The molecule has 0 fully saturated rings. The van der Waals surface area contributed by atoms with E-state index in [2.05, 4.69) is 21.2 Å². The number of hydrogen-bond acceptors (Lipinski definition) is 1. The Hall–Kier alpha value is -1.26. The van der Waals surface area contributed by atoms with Crippen molar-refractivity contribution in [3.8, 4) is 0 Å². The van der Waals surface area contributed by atoms with Crippen LogP contribution in [-0.4, -0.2) is 0 Å². The Morgan fingerprint density at radius 3 is 2.15 bits per heavy atom. The second kappa shape index (κ2) is 6.46. The van der Waals surface area contributed by atoms with Crippen molar-refractivity contribution in [3.63, 3.8) is 0 Å². The minimum absolute atomic E-state index is 0.0703. The second-order valence-electron chi connectivity index (χ2n) is 4.84. The van der Waals surface area contributed by atoms with Crippen molar-refractivity contribution in [1.29, 1.82) is 0 Å². The summed E-state index contributed by atoms with van der Waals surface area (Å²) < 4.78 is 27.2. The maximum absolute atomic E-state index is 13.2. The largest absolute Gasteiger partial charge is 0.304 e. The molecule has 0 aliphatic heterocycles. The molecule has 0 spiro atoms. The average Bonchev–Trinajstić information content (AvgIpc) is 2.41. The average molecular weight is 340 g/mol. The molecule has 1 unspecified atom stereocenters. The van der Waals surface area contributed by atoms with Crippen LogP contribution in [-0.2, 0) is 0 Å². The summed E-state index contributed by atoms with van der Waals surface area (Å²) in [5.41, 5.74) is 1.86. The minimum Gasteiger partial charge on any atom is -0.304 e.